The maximum atomic E-state index is 5.44. The molecule has 2 heterocycles. The van der Waals surface area contributed by atoms with Crippen molar-refractivity contribution < 1.29 is 9.26 Å². The second-order valence-electron chi connectivity index (χ2n) is 6.82. The zero-order valence-electron chi connectivity index (χ0n) is 16.0. The Kier molecular flexibility index (Phi) is 9.15. The first-order chi connectivity index (χ1) is 11.4. The van der Waals surface area contributed by atoms with Gasteiger partial charge in [-0.05, 0) is 34.1 Å². The van der Waals surface area contributed by atoms with Gasteiger partial charge >= 0.3 is 0 Å². The average Bonchev–Trinajstić information content (AvgIpc) is 2.90. The fourth-order valence-corrected chi connectivity index (χ4v) is 2.97. The van der Waals surface area contributed by atoms with Crippen LogP contribution in [0.5, 0.6) is 0 Å². The molecule has 1 saturated heterocycles. The van der Waals surface area contributed by atoms with Crippen LogP contribution >= 0.6 is 24.0 Å². The van der Waals surface area contributed by atoms with Gasteiger partial charge in [-0.2, -0.15) is 0 Å². The van der Waals surface area contributed by atoms with Crippen molar-refractivity contribution in [3.63, 3.8) is 0 Å². The molecule has 0 aromatic carbocycles. The minimum atomic E-state index is 0. The van der Waals surface area contributed by atoms with Gasteiger partial charge in [-0.1, -0.05) is 5.16 Å². The number of hydrogen-bond acceptors (Lipinski definition) is 5. The van der Waals surface area contributed by atoms with Gasteiger partial charge in [-0.3, -0.25) is 9.89 Å². The third-order valence-electron chi connectivity index (χ3n) is 4.63. The van der Waals surface area contributed by atoms with Gasteiger partial charge in [-0.25, -0.2) is 0 Å². The Morgan fingerprint density at radius 1 is 1.24 bits per heavy atom. The number of rotatable bonds is 6. The molecule has 0 saturated carbocycles. The van der Waals surface area contributed by atoms with E-state index in [1.165, 1.54) is 5.56 Å². The third-order valence-corrected chi connectivity index (χ3v) is 4.63. The molecule has 0 amide bonds. The van der Waals surface area contributed by atoms with Gasteiger partial charge in [0.15, 0.2) is 5.96 Å². The molecule has 7 nitrogen and oxygen atoms in total. The Bertz CT molecular complexity index is 534. The summed E-state index contributed by atoms with van der Waals surface area (Å²) in [5.41, 5.74) is 2.19. The van der Waals surface area contributed by atoms with Crippen LogP contribution in [0.2, 0.25) is 0 Å². The van der Waals surface area contributed by atoms with Crippen molar-refractivity contribution in [1.29, 1.82) is 0 Å². The summed E-state index contributed by atoms with van der Waals surface area (Å²) in [6.07, 6.45) is 0.870. The fraction of sp³-hybridized carbons (Fsp3) is 0.765. The number of hydrogen-bond donors (Lipinski definition) is 2. The van der Waals surface area contributed by atoms with Crippen molar-refractivity contribution in [3.05, 3.63) is 17.0 Å². The van der Waals surface area contributed by atoms with E-state index in [2.05, 4.69) is 39.5 Å². The van der Waals surface area contributed by atoms with E-state index >= 15 is 0 Å². The first-order valence-electron chi connectivity index (χ1n) is 8.63. The van der Waals surface area contributed by atoms with Crippen molar-refractivity contribution in [2.45, 2.75) is 39.7 Å². The lowest BCUT2D eigenvalue weighted by Crippen LogP contribution is -2.56. The van der Waals surface area contributed by atoms with Gasteiger partial charge in [0.1, 0.15) is 5.76 Å². The first kappa shape index (κ1) is 22.2. The molecule has 1 fully saturated rings. The van der Waals surface area contributed by atoms with E-state index in [-0.39, 0.29) is 29.5 Å². The molecule has 0 atom stereocenters. The monoisotopic (exact) mass is 465 g/mol. The lowest BCUT2D eigenvalue weighted by atomic mass is 10.0. The number of guanidine groups is 1. The summed E-state index contributed by atoms with van der Waals surface area (Å²) in [4.78, 5) is 6.77. The minimum Gasteiger partial charge on any atom is -0.379 e. The number of nitrogens with one attached hydrogen (secondary N) is 2. The van der Waals surface area contributed by atoms with E-state index in [1.807, 2.05) is 13.8 Å². The summed E-state index contributed by atoms with van der Waals surface area (Å²) < 4.78 is 10.6. The van der Waals surface area contributed by atoms with Crippen LogP contribution in [-0.2, 0) is 11.2 Å². The van der Waals surface area contributed by atoms with Crippen molar-refractivity contribution in [2.75, 3.05) is 46.4 Å². The number of halogens is 1. The molecule has 25 heavy (non-hydrogen) atoms. The molecule has 2 rings (SSSR count). The predicted molar refractivity (Wildman–Crippen MR) is 111 cm³/mol. The van der Waals surface area contributed by atoms with Gasteiger partial charge in [0.2, 0.25) is 0 Å². The fourth-order valence-electron chi connectivity index (χ4n) is 2.97. The molecular weight excluding hydrogens is 433 g/mol. The lowest BCUT2D eigenvalue weighted by molar-refractivity contribution is -0.00833. The standard InChI is InChI=1S/C17H31N5O2.HI/c1-13-15(14(2)24-21-13)6-7-19-16(18-5)20-12-17(3,4)22-8-10-23-11-9-22;/h6-12H2,1-5H3,(H2,18,19,20);1H. The molecule has 144 valence electrons. The molecule has 2 N–H and O–H groups in total. The predicted octanol–water partition coefficient (Wildman–Crippen LogP) is 1.73. The Hall–Kier alpha value is -0.870. The van der Waals surface area contributed by atoms with Gasteiger partial charge < -0.3 is 19.9 Å². The summed E-state index contributed by atoms with van der Waals surface area (Å²) >= 11 is 0. The van der Waals surface area contributed by atoms with Gasteiger partial charge in [0.25, 0.3) is 0 Å². The zero-order valence-corrected chi connectivity index (χ0v) is 18.3. The molecule has 1 aliphatic rings. The first-order valence-corrected chi connectivity index (χ1v) is 8.63. The molecule has 1 aliphatic heterocycles. The second kappa shape index (κ2) is 10.3. The minimum absolute atomic E-state index is 0. The molecule has 0 spiro atoms. The van der Waals surface area contributed by atoms with Crippen LogP contribution in [-0.4, -0.2) is 68.0 Å². The summed E-state index contributed by atoms with van der Waals surface area (Å²) in [7, 11) is 1.80. The molecule has 8 heteroatoms. The number of aryl methyl sites for hydroxylation is 2. The SMILES string of the molecule is CN=C(NCCc1c(C)noc1C)NCC(C)(C)N1CCOCC1.I. The number of nitrogens with zero attached hydrogens (tertiary/aromatic N) is 3. The van der Waals surface area contributed by atoms with Crippen LogP contribution in [0.1, 0.15) is 30.9 Å². The highest BCUT2D eigenvalue weighted by atomic mass is 127. The van der Waals surface area contributed by atoms with E-state index in [4.69, 9.17) is 9.26 Å². The zero-order chi connectivity index (χ0) is 17.6. The van der Waals surface area contributed by atoms with Crippen LogP contribution in [0.4, 0.5) is 0 Å². The normalized spacial score (nSPS) is 16.4. The van der Waals surface area contributed by atoms with Gasteiger partial charge in [0, 0.05) is 44.3 Å². The maximum Gasteiger partial charge on any atom is 0.191 e. The van der Waals surface area contributed by atoms with Gasteiger partial charge in [0.05, 0.1) is 18.9 Å². The maximum absolute atomic E-state index is 5.44. The summed E-state index contributed by atoms with van der Waals surface area (Å²) in [6.45, 7) is 13.6. The largest absolute Gasteiger partial charge is 0.379 e. The van der Waals surface area contributed by atoms with Crippen LogP contribution in [0.3, 0.4) is 0 Å². The summed E-state index contributed by atoms with van der Waals surface area (Å²) in [5, 5.41) is 10.8. The topological polar surface area (TPSA) is 74.9 Å². The van der Waals surface area contributed by atoms with Crippen LogP contribution in [0, 0.1) is 13.8 Å². The van der Waals surface area contributed by atoms with Crippen molar-refractivity contribution in [1.82, 2.24) is 20.7 Å². The highest BCUT2D eigenvalue weighted by molar-refractivity contribution is 14.0. The van der Waals surface area contributed by atoms with Crippen LogP contribution in [0.25, 0.3) is 0 Å². The Morgan fingerprint density at radius 3 is 2.48 bits per heavy atom. The molecule has 0 radical (unpaired) electrons. The molecular formula is C17H32IN5O2. The Labute approximate surface area is 168 Å². The van der Waals surface area contributed by atoms with Crippen molar-refractivity contribution in [2.24, 2.45) is 4.99 Å². The second-order valence-corrected chi connectivity index (χ2v) is 6.82. The number of aliphatic imine (C=N–C) groups is 1. The Morgan fingerprint density at radius 2 is 1.92 bits per heavy atom. The highest BCUT2D eigenvalue weighted by Gasteiger charge is 2.28. The molecule has 0 aliphatic carbocycles. The number of morpholine rings is 1. The lowest BCUT2D eigenvalue weighted by Gasteiger charge is -2.41. The molecule has 0 bridgehead atoms. The van der Waals surface area contributed by atoms with E-state index in [0.29, 0.717) is 0 Å². The van der Waals surface area contributed by atoms with E-state index in [0.717, 1.165) is 63.2 Å². The molecule has 1 aromatic heterocycles. The summed E-state index contributed by atoms with van der Waals surface area (Å²) in [6, 6.07) is 0. The van der Waals surface area contributed by atoms with Crippen molar-refractivity contribution >= 4 is 29.9 Å². The van der Waals surface area contributed by atoms with E-state index in [9.17, 15) is 0 Å². The number of ether oxygens (including phenoxy) is 1. The smallest absolute Gasteiger partial charge is 0.191 e. The highest BCUT2D eigenvalue weighted by Crippen LogP contribution is 2.15. The summed E-state index contributed by atoms with van der Waals surface area (Å²) in [5.74, 6) is 1.72. The average molecular weight is 465 g/mol. The van der Waals surface area contributed by atoms with Crippen LogP contribution < -0.4 is 10.6 Å². The van der Waals surface area contributed by atoms with E-state index in [1.54, 1.807) is 7.05 Å². The molecule has 1 aromatic rings. The van der Waals surface area contributed by atoms with Crippen LogP contribution in [0.15, 0.2) is 9.52 Å². The Balaban J connectivity index is 0.00000312. The van der Waals surface area contributed by atoms with Gasteiger partial charge in [-0.15, -0.1) is 24.0 Å². The third kappa shape index (κ3) is 6.41. The number of aromatic nitrogens is 1. The quantitative estimate of drug-likeness (QED) is 0.379. The van der Waals surface area contributed by atoms with E-state index < -0.39 is 0 Å². The molecule has 0 unspecified atom stereocenters. The van der Waals surface area contributed by atoms with Crippen molar-refractivity contribution in [3.8, 4) is 0 Å².